The number of benzene rings is 2. The number of likely N-dealkylation sites (tertiary alicyclic amines) is 1. The molecule has 1 saturated heterocycles. The Morgan fingerprint density at radius 3 is 2.18 bits per heavy atom. The third-order valence-electron chi connectivity index (χ3n) is 8.49. The highest BCUT2D eigenvalue weighted by Crippen LogP contribution is 2.52. The molecule has 0 radical (unpaired) electrons. The van der Waals surface area contributed by atoms with Crippen molar-refractivity contribution in [1.82, 2.24) is 14.5 Å². The van der Waals surface area contributed by atoms with Crippen LogP contribution >= 0.6 is 15.9 Å². The van der Waals surface area contributed by atoms with Crippen LogP contribution in [-0.2, 0) is 26.9 Å². The van der Waals surface area contributed by atoms with Gasteiger partial charge in [0, 0.05) is 37.7 Å². The van der Waals surface area contributed by atoms with E-state index in [-0.39, 0.29) is 24.0 Å². The van der Waals surface area contributed by atoms with Gasteiger partial charge in [0.25, 0.3) is 0 Å². The summed E-state index contributed by atoms with van der Waals surface area (Å²) in [6.45, 7) is 1.23. The van der Waals surface area contributed by atoms with Crippen molar-refractivity contribution in [2.24, 2.45) is 12.5 Å². The van der Waals surface area contributed by atoms with Gasteiger partial charge >= 0.3 is 12.1 Å². The number of hydrogen-bond donors (Lipinski definition) is 1. The van der Waals surface area contributed by atoms with Crippen LogP contribution in [0.3, 0.4) is 0 Å². The first kappa shape index (κ1) is 25.1. The van der Waals surface area contributed by atoms with Crippen molar-refractivity contribution in [3.8, 4) is 11.1 Å². The van der Waals surface area contributed by atoms with E-state index in [4.69, 9.17) is 9.47 Å². The summed E-state index contributed by atoms with van der Waals surface area (Å²) >= 11 is 3.42. The lowest BCUT2D eigenvalue weighted by Gasteiger charge is -2.54. The summed E-state index contributed by atoms with van der Waals surface area (Å²) in [5.74, 6) is -0.225. The van der Waals surface area contributed by atoms with Crippen LogP contribution in [0.5, 0.6) is 0 Å². The largest absolute Gasteiger partial charge is 0.480 e. The molecule has 1 amide bonds. The maximum atomic E-state index is 13.0. The van der Waals surface area contributed by atoms with Crippen molar-refractivity contribution in [2.45, 2.75) is 37.2 Å². The van der Waals surface area contributed by atoms with Crippen molar-refractivity contribution >= 4 is 28.0 Å². The van der Waals surface area contributed by atoms with E-state index in [0.29, 0.717) is 37.1 Å². The van der Waals surface area contributed by atoms with Crippen molar-refractivity contribution in [3.63, 3.8) is 0 Å². The molecule has 1 spiro atoms. The number of aliphatic carboxylic acids is 1. The Kier molecular flexibility index (Phi) is 6.31. The average molecular weight is 580 g/mol. The van der Waals surface area contributed by atoms with Gasteiger partial charge in [-0.25, -0.2) is 14.6 Å². The predicted octanol–water partition coefficient (Wildman–Crippen LogP) is 5.30. The van der Waals surface area contributed by atoms with Crippen LogP contribution in [0.25, 0.3) is 11.1 Å². The Balaban J connectivity index is 1.08. The minimum Gasteiger partial charge on any atom is -0.480 e. The second-order valence-electron chi connectivity index (χ2n) is 10.8. The molecule has 3 aliphatic rings. The van der Waals surface area contributed by atoms with Crippen LogP contribution in [0, 0.1) is 5.41 Å². The molecule has 38 heavy (non-hydrogen) atoms. The Bertz CT molecular complexity index is 1340. The fraction of sp³-hybridized carbons (Fsp3) is 0.414. The molecule has 2 fully saturated rings. The lowest BCUT2D eigenvalue weighted by atomic mass is 9.64. The first-order valence-corrected chi connectivity index (χ1v) is 13.7. The standard InChI is InChI=1S/C29H30BrN3O5/c1-32-14-24(30)31-26(32)29(38-16-25(34)35)12-10-28(11-13-29)17-33(18-28)27(36)37-15-23-21-8-4-2-6-19(21)20-7-3-5-9-22(20)23/h2-9,14,23H,10-13,15-18H2,1H3,(H,34,35). The lowest BCUT2D eigenvalue weighted by molar-refractivity contribution is -0.162. The molecule has 2 aromatic carbocycles. The van der Waals surface area contributed by atoms with Gasteiger partial charge in [-0.1, -0.05) is 48.5 Å². The summed E-state index contributed by atoms with van der Waals surface area (Å²) in [6, 6.07) is 16.6. The molecular formula is C29H30BrN3O5. The topological polar surface area (TPSA) is 93.9 Å². The number of aryl methyl sites for hydroxylation is 1. The lowest BCUT2D eigenvalue weighted by Crippen LogP contribution is -2.61. The quantitative estimate of drug-likeness (QED) is 0.425. The Labute approximate surface area is 229 Å². The summed E-state index contributed by atoms with van der Waals surface area (Å²) in [5.41, 5.74) is 4.07. The van der Waals surface area contributed by atoms with E-state index in [2.05, 4.69) is 45.2 Å². The number of amides is 1. The third-order valence-corrected chi connectivity index (χ3v) is 8.87. The van der Waals surface area contributed by atoms with E-state index in [1.54, 1.807) is 4.90 Å². The van der Waals surface area contributed by atoms with E-state index in [9.17, 15) is 14.7 Å². The van der Waals surface area contributed by atoms with E-state index >= 15 is 0 Å². The summed E-state index contributed by atoms with van der Waals surface area (Å²) in [4.78, 5) is 30.7. The van der Waals surface area contributed by atoms with Gasteiger partial charge in [-0.2, -0.15) is 0 Å². The predicted molar refractivity (Wildman–Crippen MR) is 144 cm³/mol. The number of carboxylic acid groups (broad SMARTS) is 1. The number of nitrogens with zero attached hydrogens (tertiary/aromatic N) is 3. The highest BCUT2D eigenvalue weighted by atomic mass is 79.9. The molecule has 1 saturated carbocycles. The summed E-state index contributed by atoms with van der Waals surface area (Å²) in [7, 11) is 1.89. The van der Waals surface area contributed by atoms with Crippen LogP contribution in [0.2, 0.25) is 0 Å². The van der Waals surface area contributed by atoms with E-state index < -0.39 is 11.6 Å². The molecule has 8 nitrogen and oxygen atoms in total. The van der Waals surface area contributed by atoms with Gasteiger partial charge < -0.3 is 24.0 Å². The minimum atomic E-state index is -0.997. The van der Waals surface area contributed by atoms with Crippen LogP contribution < -0.4 is 0 Å². The number of halogens is 1. The van der Waals surface area contributed by atoms with Gasteiger partial charge in [-0.05, 0) is 63.9 Å². The second-order valence-corrected chi connectivity index (χ2v) is 11.6. The normalized spacial score (nSPS) is 19.1. The molecule has 0 atom stereocenters. The molecule has 2 heterocycles. The molecule has 198 valence electrons. The molecule has 1 N–H and O–H groups in total. The van der Waals surface area contributed by atoms with Gasteiger partial charge in [-0.3, -0.25) is 0 Å². The summed E-state index contributed by atoms with van der Waals surface area (Å²) in [5, 5.41) is 9.25. The average Bonchev–Trinajstić information content (AvgIpc) is 3.41. The van der Waals surface area contributed by atoms with E-state index in [1.807, 2.05) is 42.1 Å². The van der Waals surface area contributed by atoms with Crippen molar-refractivity contribution in [3.05, 3.63) is 76.3 Å². The Hall–Kier alpha value is -3.17. The fourth-order valence-corrected chi connectivity index (χ4v) is 7.04. The zero-order chi connectivity index (χ0) is 26.5. The van der Waals surface area contributed by atoms with Crippen LogP contribution in [0.1, 0.15) is 48.6 Å². The van der Waals surface area contributed by atoms with Gasteiger partial charge in [0.15, 0.2) is 0 Å². The molecule has 1 aromatic heterocycles. The van der Waals surface area contributed by atoms with Gasteiger partial charge in [0.05, 0.1) is 0 Å². The Morgan fingerprint density at radius 2 is 1.63 bits per heavy atom. The number of hydrogen-bond acceptors (Lipinski definition) is 5. The number of fused-ring (bicyclic) bond motifs is 3. The third kappa shape index (κ3) is 4.31. The number of aromatic nitrogens is 2. The summed E-state index contributed by atoms with van der Waals surface area (Å²) < 4.78 is 14.4. The number of rotatable bonds is 6. The molecule has 9 heteroatoms. The van der Waals surface area contributed by atoms with Gasteiger partial charge in [0.2, 0.25) is 0 Å². The number of carbonyl (C=O) groups excluding carboxylic acids is 1. The first-order valence-electron chi connectivity index (χ1n) is 12.9. The minimum absolute atomic E-state index is 0.00403. The number of carbonyl (C=O) groups is 2. The van der Waals surface area contributed by atoms with Crippen LogP contribution in [-0.4, -0.2) is 57.9 Å². The maximum absolute atomic E-state index is 13.0. The molecule has 0 bridgehead atoms. The van der Waals surface area contributed by atoms with E-state index in [0.717, 1.165) is 18.7 Å². The van der Waals surface area contributed by atoms with E-state index in [1.165, 1.54) is 22.3 Å². The smallest absolute Gasteiger partial charge is 0.409 e. The number of carboxylic acids is 1. The molecule has 3 aromatic rings. The highest BCUT2D eigenvalue weighted by molar-refractivity contribution is 9.10. The zero-order valence-electron chi connectivity index (χ0n) is 21.2. The summed E-state index contributed by atoms with van der Waals surface area (Å²) in [6.07, 6.45) is 4.53. The molecule has 0 unspecified atom stereocenters. The van der Waals surface area contributed by atoms with Gasteiger partial charge in [0.1, 0.15) is 29.2 Å². The molecule has 2 aliphatic carbocycles. The van der Waals surface area contributed by atoms with Crippen molar-refractivity contribution in [2.75, 3.05) is 26.3 Å². The monoisotopic (exact) mass is 579 g/mol. The maximum Gasteiger partial charge on any atom is 0.409 e. The highest BCUT2D eigenvalue weighted by Gasteiger charge is 2.53. The van der Waals surface area contributed by atoms with Crippen LogP contribution in [0.4, 0.5) is 4.79 Å². The Morgan fingerprint density at radius 1 is 1.03 bits per heavy atom. The van der Waals surface area contributed by atoms with Crippen molar-refractivity contribution in [1.29, 1.82) is 0 Å². The van der Waals surface area contributed by atoms with Gasteiger partial charge in [-0.15, -0.1) is 0 Å². The second kappa shape index (κ2) is 9.54. The first-order chi connectivity index (χ1) is 18.3. The molecule has 6 rings (SSSR count). The number of ether oxygens (including phenoxy) is 2. The number of imidazole rings is 1. The fourth-order valence-electron chi connectivity index (χ4n) is 6.56. The zero-order valence-corrected chi connectivity index (χ0v) is 22.8. The SMILES string of the molecule is Cn1cc(Br)nc1C1(OCC(=O)O)CCC2(CC1)CN(C(=O)OCC1c3ccccc3-c3ccccc31)C2. The molecular weight excluding hydrogens is 550 g/mol. The van der Waals surface area contributed by atoms with Crippen molar-refractivity contribution < 1.29 is 24.2 Å². The van der Waals surface area contributed by atoms with Crippen LogP contribution in [0.15, 0.2) is 59.3 Å². The molecule has 1 aliphatic heterocycles.